The number of aryl methyl sites for hydroxylation is 1. The van der Waals surface area contributed by atoms with Crippen molar-refractivity contribution >= 4 is 16.8 Å². The minimum Gasteiger partial charge on any atom is -0.361 e. The van der Waals surface area contributed by atoms with E-state index in [1.54, 1.807) is 0 Å². The first-order valence-corrected chi connectivity index (χ1v) is 10.7. The molecule has 0 spiro atoms. The lowest BCUT2D eigenvalue weighted by molar-refractivity contribution is -0.132. The fourth-order valence-electron chi connectivity index (χ4n) is 4.75. The van der Waals surface area contributed by atoms with Gasteiger partial charge in [0.05, 0.1) is 6.04 Å². The molecule has 7 nitrogen and oxygen atoms in total. The molecule has 4 heterocycles. The molecule has 1 fully saturated rings. The lowest BCUT2D eigenvalue weighted by Crippen LogP contribution is -2.32. The molecule has 5 rings (SSSR count). The van der Waals surface area contributed by atoms with Gasteiger partial charge in [0.2, 0.25) is 5.91 Å². The molecule has 29 heavy (non-hydrogen) atoms. The van der Waals surface area contributed by atoms with Crippen molar-refractivity contribution in [1.82, 2.24) is 29.5 Å². The Morgan fingerprint density at radius 1 is 1.17 bits per heavy atom. The molecule has 7 heteroatoms. The van der Waals surface area contributed by atoms with Crippen LogP contribution in [0.1, 0.15) is 42.5 Å². The predicted octanol–water partition coefficient (Wildman–Crippen LogP) is 2.54. The first-order chi connectivity index (χ1) is 14.2. The van der Waals surface area contributed by atoms with E-state index in [0.717, 1.165) is 69.0 Å². The van der Waals surface area contributed by atoms with Gasteiger partial charge in [0.15, 0.2) is 5.82 Å². The average Bonchev–Trinajstić information content (AvgIpc) is 3.44. The van der Waals surface area contributed by atoms with Crippen molar-refractivity contribution in [3.63, 3.8) is 0 Å². The van der Waals surface area contributed by atoms with Gasteiger partial charge in [-0.15, -0.1) is 10.2 Å². The third kappa shape index (κ3) is 3.44. The summed E-state index contributed by atoms with van der Waals surface area (Å²) in [6.45, 7) is 3.73. The highest BCUT2D eigenvalue weighted by Crippen LogP contribution is 2.32. The Bertz CT molecular complexity index is 1020. The van der Waals surface area contributed by atoms with Crippen LogP contribution in [-0.2, 0) is 24.2 Å². The monoisotopic (exact) mass is 392 g/mol. The molecule has 0 radical (unpaired) electrons. The first kappa shape index (κ1) is 18.4. The summed E-state index contributed by atoms with van der Waals surface area (Å²) in [6, 6.07) is 8.34. The van der Waals surface area contributed by atoms with E-state index >= 15 is 0 Å². The third-order valence-electron chi connectivity index (χ3n) is 6.43. The van der Waals surface area contributed by atoms with Crippen LogP contribution < -0.4 is 0 Å². The number of aromatic amines is 1. The number of fused-ring (bicyclic) bond motifs is 2. The maximum Gasteiger partial charge on any atom is 0.223 e. The van der Waals surface area contributed by atoms with Crippen LogP contribution >= 0.6 is 0 Å². The van der Waals surface area contributed by atoms with E-state index in [1.807, 2.05) is 23.2 Å². The maximum atomic E-state index is 13.1. The lowest BCUT2D eigenvalue weighted by atomic mass is 10.1. The van der Waals surface area contributed by atoms with Gasteiger partial charge < -0.3 is 19.4 Å². The zero-order valence-electron chi connectivity index (χ0n) is 17.0. The van der Waals surface area contributed by atoms with Gasteiger partial charge in [-0.2, -0.15) is 0 Å². The Hall–Kier alpha value is -2.67. The van der Waals surface area contributed by atoms with Gasteiger partial charge in [-0.3, -0.25) is 4.79 Å². The van der Waals surface area contributed by atoms with E-state index in [9.17, 15) is 4.79 Å². The second kappa shape index (κ2) is 7.63. The smallest absolute Gasteiger partial charge is 0.223 e. The van der Waals surface area contributed by atoms with E-state index in [1.165, 1.54) is 10.9 Å². The van der Waals surface area contributed by atoms with Crippen molar-refractivity contribution in [2.45, 2.75) is 44.7 Å². The fraction of sp³-hybridized carbons (Fsp3) is 0.500. The molecule has 2 aliphatic rings. The minimum atomic E-state index is 0.0649. The number of hydrogen-bond acceptors (Lipinski definition) is 4. The van der Waals surface area contributed by atoms with Crippen molar-refractivity contribution in [1.29, 1.82) is 0 Å². The molecular formula is C22H28N6O. The van der Waals surface area contributed by atoms with Crippen LogP contribution in [0, 0.1) is 0 Å². The van der Waals surface area contributed by atoms with Gasteiger partial charge in [-0.05, 0) is 37.9 Å². The summed E-state index contributed by atoms with van der Waals surface area (Å²) < 4.78 is 2.26. The zero-order valence-corrected chi connectivity index (χ0v) is 17.0. The Kier molecular flexibility index (Phi) is 4.83. The summed E-state index contributed by atoms with van der Waals surface area (Å²) in [6.07, 6.45) is 6.26. The second-order valence-corrected chi connectivity index (χ2v) is 8.28. The highest BCUT2D eigenvalue weighted by molar-refractivity contribution is 5.84. The first-order valence-electron chi connectivity index (χ1n) is 10.7. The Balaban J connectivity index is 1.31. The van der Waals surface area contributed by atoms with Crippen LogP contribution in [-0.4, -0.2) is 62.1 Å². The summed E-state index contributed by atoms with van der Waals surface area (Å²) in [5, 5.41) is 10.2. The molecule has 1 atom stereocenters. The number of carbonyl (C=O) groups is 1. The van der Waals surface area contributed by atoms with Crippen LogP contribution in [0.5, 0.6) is 0 Å². The number of rotatable bonds is 4. The molecule has 1 amide bonds. The Morgan fingerprint density at radius 3 is 3.00 bits per heavy atom. The topological polar surface area (TPSA) is 70.1 Å². The SMILES string of the molecule is CN1CCc2nnc([C@@H]3CCCN3C(=O)CCc3c[nH]c4ccccc34)n2CC1. The second-order valence-electron chi connectivity index (χ2n) is 8.28. The summed E-state index contributed by atoms with van der Waals surface area (Å²) in [4.78, 5) is 20.8. The number of H-pyrrole nitrogens is 1. The lowest BCUT2D eigenvalue weighted by Gasteiger charge is -2.25. The number of hydrogen-bond donors (Lipinski definition) is 1. The molecular weight excluding hydrogens is 364 g/mol. The van der Waals surface area contributed by atoms with Crippen molar-refractivity contribution < 1.29 is 4.79 Å². The minimum absolute atomic E-state index is 0.0649. The maximum absolute atomic E-state index is 13.1. The highest BCUT2D eigenvalue weighted by Gasteiger charge is 2.34. The van der Waals surface area contributed by atoms with E-state index < -0.39 is 0 Å². The van der Waals surface area contributed by atoms with Gasteiger partial charge in [0, 0.05) is 56.1 Å². The number of likely N-dealkylation sites (N-methyl/N-ethyl adjacent to an activating group) is 1. The molecule has 0 aliphatic carbocycles. The van der Waals surface area contributed by atoms with E-state index in [2.05, 4.69) is 43.8 Å². The van der Waals surface area contributed by atoms with Crippen molar-refractivity contribution in [3.05, 3.63) is 47.7 Å². The van der Waals surface area contributed by atoms with E-state index in [0.29, 0.717) is 6.42 Å². The third-order valence-corrected chi connectivity index (χ3v) is 6.43. The van der Waals surface area contributed by atoms with Crippen LogP contribution in [0.2, 0.25) is 0 Å². The molecule has 152 valence electrons. The van der Waals surface area contributed by atoms with Crippen LogP contribution in [0.3, 0.4) is 0 Å². The quantitative estimate of drug-likeness (QED) is 0.741. The number of benzene rings is 1. The van der Waals surface area contributed by atoms with Gasteiger partial charge in [-0.25, -0.2) is 0 Å². The largest absolute Gasteiger partial charge is 0.361 e. The van der Waals surface area contributed by atoms with Crippen LogP contribution in [0.15, 0.2) is 30.5 Å². The molecule has 1 N–H and O–H groups in total. The average molecular weight is 393 g/mol. The standard InChI is InChI=1S/C22H28N6O/c1-26-12-10-20-24-25-22(28(20)14-13-26)19-7-4-11-27(19)21(29)9-8-16-15-23-18-6-3-2-5-17(16)18/h2-3,5-6,15,19,23H,4,7-14H2,1H3/t19-/m0/s1. The Morgan fingerprint density at radius 2 is 2.07 bits per heavy atom. The van der Waals surface area contributed by atoms with Crippen molar-refractivity contribution in [3.8, 4) is 0 Å². The molecule has 0 saturated carbocycles. The summed E-state index contributed by atoms with van der Waals surface area (Å²) in [5.74, 6) is 2.26. The number of likely N-dealkylation sites (tertiary alicyclic amines) is 1. The number of nitrogens with one attached hydrogen (secondary N) is 1. The predicted molar refractivity (Wildman–Crippen MR) is 112 cm³/mol. The fourth-order valence-corrected chi connectivity index (χ4v) is 4.75. The van der Waals surface area contributed by atoms with Crippen molar-refractivity contribution in [2.75, 3.05) is 26.7 Å². The Labute approximate surface area is 170 Å². The van der Waals surface area contributed by atoms with E-state index in [-0.39, 0.29) is 11.9 Å². The van der Waals surface area contributed by atoms with Crippen LogP contribution in [0.25, 0.3) is 10.9 Å². The van der Waals surface area contributed by atoms with Gasteiger partial charge in [0.1, 0.15) is 5.82 Å². The number of aromatic nitrogens is 4. The number of amides is 1. The summed E-state index contributed by atoms with van der Waals surface area (Å²) in [5.41, 5.74) is 2.34. The zero-order chi connectivity index (χ0) is 19.8. The number of para-hydroxylation sites is 1. The van der Waals surface area contributed by atoms with Gasteiger partial charge >= 0.3 is 0 Å². The molecule has 2 aliphatic heterocycles. The molecule has 0 unspecified atom stereocenters. The number of nitrogens with zero attached hydrogens (tertiary/aromatic N) is 5. The summed E-state index contributed by atoms with van der Waals surface area (Å²) in [7, 11) is 2.15. The van der Waals surface area contributed by atoms with E-state index in [4.69, 9.17) is 0 Å². The normalized spacial score (nSPS) is 20.2. The molecule has 2 aromatic heterocycles. The molecule has 3 aromatic rings. The molecule has 1 saturated heterocycles. The highest BCUT2D eigenvalue weighted by atomic mass is 16.2. The molecule has 0 bridgehead atoms. The molecule has 1 aromatic carbocycles. The number of carbonyl (C=O) groups excluding carboxylic acids is 1. The van der Waals surface area contributed by atoms with Crippen molar-refractivity contribution in [2.24, 2.45) is 0 Å². The van der Waals surface area contributed by atoms with Crippen LogP contribution in [0.4, 0.5) is 0 Å². The van der Waals surface area contributed by atoms with Gasteiger partial charge in [-0.1, -0.05) is 18.2 Å². The summed E-state index contributed by atoms with van der Waals surface area (Å²) >= 11 is 0. The van der Waals surface area contributed by atoms with Gasteiger partial charge in [0.25, 0.3) is 0 Å².